The molecule has 2 aromatic heterocycles. The van der Waals surface area contributed by atoms with Crippen molar-refractivity contribution in [3.8, 4) is 11.5 Å². The van der Waals surface area contributed by atoms with Crippen molar-refractivity contribution in [3.63, 3.8) is 0 Å². The van der Waals surface area contributed by atoms with Crippen LogP contribution >= 0.6 is 0 Å². The number of pyridine rings is 1. The molecule has 0 saturated carbocycles. The molecule has 0 aliphatic rings. The molecule has 2 aromatic rings. The van der Waals surface area contributed by atoms with Crippen molar-refractivity contribution in [1.82, 2.24) is 15.0 Å². The molecular weight excluding hydrogens is 260 g/mol. The third-order valence-corrected chi connectivity index (χ3v) is 3.10. The van der Waals surface area contributed by atoms with Gasteiger partial charge in [0.05, 0.1) is 0 Å². The van der Waals surface area contributed by atoms with Crippen LogP contribution < -0.4 is 5.32 Å². The molecule has 0 amide bonds. The second-order valence-electron chi connectivity index (χ2n) is 5.81. The van der Waals surface area contributed by atoms with E-state index < -0.39 is 0 Å². The Morgan fingerprint density at radius 2 is 2.00 bits per heavy atom. The summed E-state index contributed by atoms with van der Waals surface area (Å²) in [5.41, 5.74) is 3.07. The number of nitrogens with zero attached hydrogens (tertiary/aromatic N) is 3. The Morgan fingerprint density at radius 1 is 1.19 bits per heavy atom. The van der Waals surface area contributed by atoms with Crippen molar-refractivity contribution in [2.75, 3.05) is 11.9 Å². The van der Waals surface area contributed by atoms with Gasteiger partial charge in [-0.1, -0.05) is 20.8 Å². The first-order valence-corrected chi connectivity index (χ1v) is 7.63. The molecule has 0 aromatic carbocycles. The molecule has 0 saturated heterocycles. The molecule has 0 spiro atoms. The highest BCUT2D eigenvalue weighted by Gasteiger charge is 2.09. The van der Waals surface area contributed by atoms with E-state index in [1.165, 1.54) is 5.56 Å². The largest absolute Gasteiger partial charge is 0.370 e. The van der Waals surface area contributed by atoms with E-state index in [9.17, 15) is 0 Å². The summed E-state index contributed by atoms with van der Waals surface area (Å²) < 4.78 is 0. The Morgan fingerprint density at radius 3 is 2.67 bits per heavy atom. The molecule has 2 rings (SSSR count). The number of hydrogen-bond donors (Lipinski definition) is 1. The first kappa shape index (κ1) is 15.4. The highest BCUT2D eigenvalue weighted by atomic mass is 15.0. The zero-order valence-corrected chi connectivity index (χ0v) is 13.3. The van der Waals surface area contributed by atoms with Crippen LogP contribution in [0.3, 0.4) is 0 Å². The van der Waals surface area contributed by atoms with Gasteiger partial charge in [-0.15, -0.1) is 0 Å². The molecule has 0 atom stereocenters. The minimum atomic E-state index is 0.567. The number of nitrogens with one attached hydrogen (secondary N) is 1. The Balaban J connectivity index is 2.38. The standard InChI is InChI=1S/C17H24N4/c1-5-7-19-16-11-14(9-12(2)3)20-17(21-16)15-10-13(4)6-8-18-15/h6,8,10-12H,5,7,9H2,1-4H3,(H,19,20,21). The van der Waals surface area contributed by atoms with Gasteiger partial charge in [-0.05, 0) is 43.4 Å². The molecule has 21 heavy (non-hydrogen) atoms. The number of anilines is 1. The van der Waals surface area contributed by atoms with E-state index in [1.807, 2.05) is 18.3 Å². The second-order valence-corrected chi connectivity index (χ2v) is 5.81. The van der Waals surface area contributed by atoms with E-state index in [0.717, 1.165) is 36.6 Å². The van der Waals surface area contributed by atoms with Crippen LogP contribution in [0.4, 0.5) is 5.82 Å². The second kappa shape index (κ2) is 7.16. The minimum Gasteiger partial charge on any atom is -0.370 e. The Kier molecular flexibility index (Phi) is 5.26. The van der Waals surface area contributed by atoms with E-state index >= 15 is 0 Å². The van der Waals surface area contributed by atoms with Crippen LogP contribution in [0.1, 0.15) is 38.4 Å². The lowest BCUT2D eigenvalue weighted by Crippen LogP contribution is -2.07. The van der Waals surface area contributed by atoms with Gasteiger partial charge in [0.2, 0.25) is 0 Å². The molecule has 0 fully saturated rings. The van der Waals surface area contributed by atoms with Gasteiger partial charge >= 0.3 is 0 Å². The van der Waals surface area contributed by atoms with Crippen LogP contribution in [0.15, 0.2) is 24.4 Å². The SMILES string of the molecule is CCCNc1cc(CC(C)C)nc(-c2cc(C)ccn2)n1. The first-order valence-electron chi connectivity index (χ1n) is 7.63. The third-order valence-electron chi connectivity index (χ3n) is 3.10. The predicted octanol–water partition coefficient (Wildman–Crippen LogP) is 3.87. The van der Waals surface area contributed by atoms with Gasteiger partial charge < -0.3 is 5.32 Å². The predicted molar refractivity (Wildman–Crippen MR) is 87.3 cm³/mol. The molecule has 4 heteroatoms. The fourth-order valence-corrected chi connectivity index (χ4v) is 2.14. The monoisotopic (exact) mass is 284 g/mol. The first-order chi connectivity index (χ1) is 10.1. The summed E-state index contributed by atoms with van der Waals surface area (Å²) in [6, 6.07) is 6.06. The third kappa shape index (κ3) is 4.52. The topological polar surface area (TPSA) is 50.7 Å². The van der Waals surface area contributed by atoms with Crippen molar-refractivity contribution in [2.45, 2.75) is 40.5 Å². The number of hydrogen-bond acceptors (Lipinski definition) is 4. The van der Waals surface area contributed by atoms with Crippen molar-refractivity contribution >= 4 is 5.82 Å². The van der Waals surface area contributed by atoms with Crippen LogP contribution in [-0.2, 0) is 6.42 Å². The highest BCUT2D eigenvalue weighted by Crippen LogP contribution is 2.18. The molecular formula is C17H24N4. The minimum absolute atomic E-state index is 0.567. The maximum absolute atomic E-state index is 4.68. The van der Waals surface area contributed by atoms with Crippen molar-refractivity contribution < 1.29 is 0 Å². The van der Waals surface area contributed by atoms with Crippen LogP contribution in [0.2, 0.25) is 0 Å². The molecule has 0 unspecified atom stereocenters. The molecule has 4 nitrogen and oxygen atoms in total. The van der Waals surface area contributed by atoms with Gasteiger partial charge in [-0.3, -0.25) is 4.98 Å². The fraction of sp³-hybridized carbons (Fsp3) is 0.471. The van der Waals surface area contributed by atoms with Crippen LogP contribution in [0.25, 0.3) is 11.5 Å². The number of aromatic nitrogens is 3. The van der Waals surface area contributed by atoms with E-state index in [-0.39, 0.29) is 0 Å². The highest BCUT2D eigenvalue weighted by molar-refractivity contribution is 5.54. The molecule has 112 valence electrons. The lowest BCUT2D eigenvalue weighted by Gasteiger charge is -2.11. The summed E-state index contributed by atoms with van der Waals surface area (Å²) in [4.78, 5) is 13.7. The molecule has 0 aliphatic heterocycles. The van der Waals surface area contributed by atoms with E-state index in [0.29, 0.717) is 11.7 Å². The van der Waals surface area contributed by atoms with Gasteiger partial charge in [0, 0.05) is 24.5 Å². The summed E-state index contributed by atoms with van der Waals surface area (Å²) in [6.45, 7) is 9.52. The van der Waals surface area contributed by atoms with Gasteiger partial charge in [0.25, 0.3) is 0 Å². The van der Waals surface area contributed by atoms with E-state index in [4.69, 9.17) is 0 Å². The molecule has 1 N–H and O–H groups in total. The molecule has 0 radical (unpaired) electrons. The fourth-order valence-electron chi connectivity index (χ4n) is 2.14. The zero-order valence-electron chi connectivity index (χ0n) is 13.3. The van der Waals surface area contributed by atoms with Gasteiger partial charge in [0.1, 0.15) is 11.5 Å². The van der Waals surface area contributed by atoms with E-state index in [1.54, 1.807) is 0 Å². The van der Waals surface area contributed by atoms with Crippen molar-refractivity contribution in [2.24, 2.45) is 5.92 Å². The maximum Gasteiger partial charge on any atom is 0.180 e. The normalized spacial score (nSPS) is 10.9. The van der Waals surface area contributed by atoms with Crippen molar-refractivity contribution in [3.05, 3.63) is 35.7 Å². The lowest BCUT2D eigenvalue weighted by atomic mass is 10.1. The van der Waals surface area contributed by atoms with Crippen LogP contribution in [-0.4, -0.2) is 21.5 Å². The average molecular weight is 284 g/mol. The quantitative estimate of drug-likeness (QED) is 0.875. The summed E-state index contributed by atoms with van der Waals surface area (Å²) in [5, 5.41) is 3.35. The zero-order chi connectivity index (χ0) is 15.2. The Labute approximate surface area is 127 Å². The number of aryl methyl sites for hydroxylation is 1. The molecule has 0 aliphatic carbocycles. The number of rotatable bonds is 6. The summed E-state index contributed by atoms with van der Waals surface area (Å²) in [6.07, 6.45) is 3.83. The molecule has 0 bridgehead atoms. The summed E-state index contributed by atoms with van der Waals surface area (Å²) in [7, 11) is 0. The van der Waals surface area contributed by atoms with E-state index in [2.05, 4.69) is 54.0 Å². The van der Waals surface area contributed by atoms with Crippen molar-refractivity contribution in [1.29, 1.82) is 0 Å². The maximum atomic E-state index is 4.68. The smallest absolute Gasteiger partial charge is 0.180 e. The van der Waals surface area contributed by atoms with Gasteiger partial charge in [-0.25, -0.2) is 9.97 Å². The lowest BCUT2D eigenvalue weighted by molar-refractivity contribution is 0.634. The van der Waals surface area contributed by atoms with Gasteiger partial charge in [0.15, 0.2) is 5.82 Å². The Hall–Kier alpha value is -1.97. The van der Waals surface area contributed by atoms with Crippen LogP contribution in [0.5, 0.6) is 0 Å². The van der Waals surface area contributed by atoms with Gasteiger partial charge in [-0.2, -0.15) is 0 Å². The summed E-state index contributed by atoms with van der Waals surface area (Å²) in [5.74, 6) is 2.16. The Bertz CT molecular complexity index is 593. The average Bonchev–Trinajstić information content (AvgIpc) is 2.44. The van der Waals surface area contributed by atoms with Crippen LogP contribution in [0, 0.1) is 12.8 Å². The molecule has 2 heterocycles. The summed E-state index contributed by atoms with van der Waals surface area (Å²) >= 11 is 0.